The Morgan fingerprint density at radius 3 is 3.06 bits per heavy atom. The number of nitrogens with one attached hydrogen (secondary N) is 1. The van der Waals surface area contributed by atoms with Crippen LogP contribution < -0.4 is 5.32 Å². The van der Waals surface area contributed by atoms with E-state index in [1.54, 1.807) is 17.8 Å². The molecule has 0 radical (unpaired) electrons. The summed E-state index contributed by atoms with van der Waals surface area (Å²) in [6, 6.07) is 5.69. The molecule has 2 aliphatic heterocycles. The van der Waals surface area contributed by atoms with Gasteiger partial charge in [-0.2, -0.15) is 0 Å². The van der Waals surface area contributed by atoms with Crippen molar-refractivity contribution in [2.24, 2.45) is 5.41 Å². The molecule has 1 aromatic carbocycles. The third-order valence-corrected chi connectivity index (χ3v) is 4.86. The number of thioether (sulfide) groups is 1. The lowest BCUT2D eigenvalue weighted by Gasteiger charge is -2.40. The second-order valence-electron chi connectivity index (χ2n) is 5.53. The number of halogens is 1. The molecule has 1 fully saturated rings. The Labute approximate surface area is 111 Å². The molecule has 0 aromatic heterocycles. The minimum absolute atomic E-state index is 0.0813. The molecule has 1 N–H and O–H groups in total. The monoisotopic (exact) mass is 267 g/mol. The van der Waals surface area contributed by atoms with E-state index in [0.29, 0.717) is 0 Å². The van der Waals surface area contributed by atoms with Crippen molar-refractivity contribution < 1.29 is 9.13 Å². The van der Waals surface area contributed by atoms with Crippen molar-refractivity contribution in [2.45, 2.75) is 24.3 Å². The Bertz CT molecular complexity index is 447. The van der Waals surface area contributed by atoms with Gasteiger partial charge in [0.1, 0.15) is 5.82 Å². The van der Waals surface area contributed by atoms with Crippen LogP contribution in [-0.2, 0) is 4.74 Å². The Hall–Kier alpha value is -0.580. The van der Waals surface area contributed by atoms with Gasteiger partial charge in [0.2, 0.25) is 0 Å². The summed E-state index contributed by atoms with van der Waals surface area (Å²) in [4.78, 5) is 0.830. The molecule has 98 valence electrons. The molecule has 0 bridgehead atoms. The van der Waals surface area contributed by atoms with Gasteiger partial charge in [-0.1, -0.05) is 19.1 Å². The smallest absolute Gasteiger partial charge is 0.137 e. The summed E-state index contributed by atoms with van der Waals surface area (Å²) >= 11 is 1.63. The number of hydrogen-bond donors (Lipinski definition) is 1. The molecule has 1 saturated heterocycles. The van der Waals surface area contributed by atoms with Gasteiger partial charge in [0.15, 0.2) is 0 Å². The Balaban J connectivity index is 1.73. The molecule has 4 heteroatoms. The lowest BCUT2D eigenvalue weighted by atomic mass is 9.88. The zero-order chi connectivity index (χ0) is 12.6. The number of hydrogen-bond acceptors (Lipinski definition) is 3. The predicted octanol–water partition coefficient (Wildman–Crippen LogP) is 2.99. The third-order valence-electron chi connectivity index (χ3n) is 3.70. The van der Waals surface area contributed by atoms with E-state index in [9.17, 15) is 4.39 Å². The lowest BCUT2D eigenvalue weighted by Crippen LogP contribution is -2.48. The van der Waals surface area contributed by atoms with E-state index >= 15 is 0 Å². The molecule has 2 heterocycles. The van der Waals surface area contributed by atoms with E-state index < -0.39 is 0 Å². The van der Waals surface area contributed by atoms with Crippen molar-refractivity contribution in [1.82, 2.24) is 5.32 Å². The largest absolute Gasteiger partial charge is 0.380 e. The number of benzene rings is 1. The van der Waals surface area contributed by atoms with Crippen LogP contribution in [0.2, 0.25) is 0 Å². The highest BCUT2D eigenvalue weighted by atomic mass is 32.2. The molecule has 18 heavy (non-hydrogen) atoms. The molecule has 1 aromatic rings. The van der Waals surface area contributed by atoms with E-state index in [0.717, 1.165) is 42.4 Å². The summed E-state index contributed by atoms with van der Waals surface area (Å²) in [5.74, 6) is 0.904. The maximum atomic E-state index is 13.7. The molecule has 0 spiro atoms. The highest BCUT2D eigenvalue weighted by Gasteiger charge is 2.34. The topological polar surface area (TPSA) is 21.3 Å². The maximum Gasteiger partial charge on any atom is 0.137 e. The Morgan fingerprint density at radius 2 is 2.33 bits per heavy atom. The fraction of sp³-hybridized carbons (Fsp3) is 0.571. The minimum Gasteiger partial charge on any atom is -0.380 e. The number of ether oxygens (including phenoxy) is 1. The molecule has 2 aliphatic rings. The van der Waals surface area contributed by atoms with Gasteiger partial charge < -0.3 is 10.1 Å². The van der Waals surface area contributed by atoms with E-state index in [-0.39, 0.29) is 17.3 Å². The van der Waals surface area contributed by atoms with Gasteiger partial charge in [-0.25, -0.2) is 4.39 Å². The van der Waals surface area contributed by atoms with Crippen molar-refractivity contribution in [2.75, 3.05) is 25.5 Å². The van der Waals surface area contributed by atoms with Gasteiger partial charge in [-0.15, -0.1) is 11.8 Å². The van der Waals surface area contributed by atoms with Crippen LogP contribution in [0.1, 0.15) is 24.9 Å². The van der Waals surface area contributed by atoms with Crippen molar-refractivity contribution >= 4 is 11.8 Å². The van der Waals surface area contributed by atoms with Crippen molar-refractivity contribution in [1.29, 1.82) is 0 Å². The van der Waals surface area contributed by atoms with E-state index in [4.69, 9.17) is 4.74 Å². The van der Waals surface area contributed by atoms with Crippen LogP contribution in [0.15, 0.2) is 23.1 Å². The Morgan fingerprint density at radius 1 is 1.50 bits per heavy atom. The highest BCUT2D eigenvalue weighted by Crippen LogP contribution is 2.38. The quantitative estimate of drug-likeness (QED) is 0.909. The second-order valence-corrected chi connectivity index (χ2v) is 6.64. The van der Waals surface area contributed by atoms with E-state index in [1.165, 1.54) is 0 Å². The van der Waals surface area contributed by atoms with Crippen molar-refractivity contribution in [3.8, 4) is 0 Å². The van der Waals surface area contributed by atoms with Gasteiger partial charge in [0.05, 0.1) is 13.2 Å². The maximum absolute atomic E-state index is 13.7. The van der Waals surface area contributed by atoms with Gasteiger partial charge in [-0.05, 0) is 23.8 Å². The van der Waals surface area contributed by atoms with Crippen LogP contribution in [0, 0.1) is 11.2 Å². The molecule has 1 unspecified atom stereocenters. The molecular weight excluding hydrogens is 249 g/mol. The summed E-state index contributed by atoms with van der Waals surface area (Å²) in [7, 11) is 0. The lowest BCUT2D eigenvalue weighted by molar-refractivity contribution is -0.100. The van der Waals surface area contributed by atoms with Crippen LogP contribution in [0.4, 0.5) is 4.39 Å². The standard InChI is InChI=1S/C14H18FNOS/c1-14(8-17-9-14)7-16-12-5-6-18-13-10(12)3-2-4-11(13)15/h2-4,12,16H,5-9H2,1H3. The summed E-state index contributed by atoms with van der Waals surface area (Å²) in [5.41, 5.74) is 1.38. The van der Waals surface area contributed by atoms with Crippen molar-refractivity contribution in [3.05, 3.63) is 29.6 Å². The first-order valence-corrected chi connectivity index (χ1v) is 7.39. The van der Waals surface area contributed by atoms with Gasteiger partial charge >= 0.3 is 0 Å². The van der Waals surface area contributed by atoms with Gasteiger partial charge in [0.25, 0.3) is 0 Å². The number of rotatable bonds is 3. The summed E-state index contributed by atoms with van der Waals surface area (Å²) in [5, 5.41) is 3.59. The molecular formula is C14H18FNOS. The van der Waals surface area contributed by atoms with Crippen LogP contribution in [0.5, 0.6) is 0 Å². The zero-order valence-electron chi connectivity index (χ0n) is 10.5. The first-order chi connectivity index (χ1) is 8.68. The molecule has 2 nitrogen and oxygen atoms in total. The number of fused-ring (bicyclic) bond motifs is 1. The van der Waals surface area contributed by atoms with Crippen LogP contribution >= 0.6 is 11.8 Å². The van der Waals surface area contributed by atoms with Crippen LogP contribution in [0.25, 0.3) is 0 Å². The normalized spacial score (nSPS) is 25.3. The van der Waals surface area contributed by atoms with Gasteiger partial charge in [-0.3, -0.25) is 0 Å². The average molecular weight is 267 g/mol. The highest BCUT2D eigenvalue weighted by molar-refractivity contribution is 7.99. The second kappa shape index (κ2) is 4.83. The Kier molecular flexibility index (Phi) is 3.34. The predicted molar refractivity (Wildman–Crippen MR) is 71.4 cm³/mol. The zero-order valence-corrected chi connectivity index (χ0v) is 11.4. The van der Waals surface area contributed by atoms with Crippen LogP contribution in [0.3, 0.4) is 0 Å². The fourth-order valence-corrected chi connectivity index (χ4v) is 3.66. The molecule has 1 atom stereocenters. The van der Waals surface area contributed by atoms with Crippen LogP contribution in [-0.4, -0.2) is 25.5 Å². The fourth-order valence-electron chi connectivity index (χ4n) is 2.52. The van der Waals surface area contributed by atoms with Gasteiger partial charge in [0, 0.05) is 22.9 Å². The first-order valence-electron chi connectivity index (χ1n) is 6.40. The first kappa shape index (κ1) is 12.5. The molecule has 0 amide bonds. The summed E-state index contributed by atoms with van der Waals surface area (Å²) in [6.45, 7) is 4.83. The minimum atomic E-state index is -0.0813. The SMILES string of the molecule is CC1(CNC2CCSc3c(F)cccc32)COC1. The third kappa shape index (κ3) is 2.29. The van der Waals surface area contributed by atoms with E-state index in [1.807, 2.05) is 12.1 Å². The molecule has 0 saturated carbocycles. The average Bonchev–Trinajstić information content (AvgIpc) is 2.35. The summed E-state index contributed by atoms with van der Waals surface area (Å²) in [6.07, 6.45) is 1.07. The molecule has 0 aliphatic carbocycles. The van der Waals surface area contributed by atoms with Crippen molar-refractivity contribution in [3.63, 3.8) is 0 Å². The summed E-state index contributed by atoms with van der Waals surface area (Å²) < 4.78 is 19.0. The molecule has 3 rings (SSSR count). The van der Waals surface area contributed by atoms with E-state index in [2.05, 4.69) is 12.2 Å².